The Labute approximate surface area is 214 Å². The summed E-state index contributed by atoms with van der Waals surface area (Å²) in [6, 6.07) is 35.8. The van der Waals surface area contributed by atoms with E-state index in [0.29, 0.717) is 5.02 Å². The topological polar surface area (TPSA) is 29.1 Å². The average molecular weight is 502 g/mol. The van der Waals surface area contributed by atoms with Gasteiger partial charge in [0.2, 0.25) is 0 Å². The normalized spacial score (nSPS) is 12.7. The Morgan fingerprint density at radius 3 is 1.54 bits per heavy atom. The number of rotatable bonds is 8. The summed E-state index contributed by atoms with van der Waals surface area (Å²) in [7, 11) is -2.77. The molecule has 0 aliphatic heterocycles. The number of hydrogen-bond acceptors (Lipinski definition) is 1. The Balaban J connectivity index is 1.97. The van der Waals surface area contributed by atoms with Gasteiger partial charge in [-0.25, -0.2) is 0 Å². The zero-order chi connectivity index (χ0) is 24.8. The second-order valence-electron chi connectivity index (χ2n) is 9.15. The second kappa shape index (κ2) is 11.2. The van der Waals surface area contributed by atoms with E-state index in [2.05, 4.69) is 85.0 Å². The molecule has 1 atom stereocenters. The van der Waals surface area contributed by atoms with Gasteiger partial charge in [0.1, 0.15) is 0 Å². The van der Waals surface area contributed by atoms with Crippen molar-refractivity contribution in [3.63, 3.8) is 0 Å². The molecule has 1 amide bonds. The summed E-state index contributed by atoms with van der Waals surface area (Å²) in [4.78, 5) is 14.3. The third kappa shape index (κ3) is 5.06. The van der Waals surface area contributed by atoms with Crippen LogP contribution >= 0.6 is 18.9 Å². The first kappa shape index (κ1) is 25.2. The molecule has 0 bridgehead atoms. The molecule has 0 aliphatic rings. The van der Waals surface area contributed by atoms with Crippen molar-refractivity contribution in [2.75, 3.05) is 5.32 Å². The molecule has 35 heavy (non-hydrogen) atoms. The molecule has 0 saturated carbocycles. The Morgan fingerprint density at radius 1 is 0.771 bits per heavy atom. The molecule has 0 fully saturated rings. The van der Waals surface area contributed by atoms with Crippen LogP contribution in [0.3, 0.4) is 0 Å². The van der Waals surface area contributed by atoms with E-state index in [1.807, 2.05) is 44.2 Å². The van der Waals surface area contributed by atoms with Crippen LogP contribution in [-0.2, 0) is 4.79 Å². The number of nitrogens with one attached hydrogen (secondary N) is 1. The van der Waals surface area contributed by atoms with Gasteiger partial charge in [-0.15, -0.1) is 0 Å². The predicted molar refractivity (Wildman–Crippen MR) is 155 cm³/mol. The fourth-order valence-electron chi connectivity index (χ4n) is 5.36. The third-order valence-electron chi connectivity index (χ3n) is 6.85. The molecule has 1 N–H and O–H groups in total. The summed E-state index contributed by atoms with van der Waals surface area (Å²) in [5, 5.41) is 7.76. The molecule has 180 valence electrons. The summed E-state index contributed by atoms with van der Waals surface area (Å²) < 4.78 is 0. The van der Waals surface area contributed by atoms with Crippen molar-refractivity contribution in [3.8, 4) is 0 Å². The van der Waals surface area contributed by atoms with Crippen LogP contribution in [0.15, 0.2) is 103 Å². The Bertz CT molecular complexity index is 1160. The molecule has 1 unspecified atom stereocenters. The predicted octanol–water partition coefficient (Wildman–Crippen LogP) is 6.79. The van der Waals surface area contributed by atoms with Crippen molar-refractivity contribution in [1.82, 2.24) is 0 Å². The maximum atomic E-state index is 14.3. The van der Waals surface area contributed by atoms with Crippen molar-refractivity contribution in [3.05, 3.63) is 119 Å². The average Bonchev–Trinajstić information content (AvgIpc) is 2.88. The van der Waals surface area contributed by atoms with E-state index in [1.165, 1.54) is 15.9 Å². The Morgan fingerprint density at radius 2 is 1.17 bits per heavy atom. The number of anilines is 1. The molecule has 0 aromatic heterocycles. The summed E-state index contributed by atoms with van der Waals surface area (Å²) in [5.74, 6) is 0.0728. The van der Waals surface area contributed by atoms with Crippen molar-refractivity contribution in [1.29, 1.82) is 0 Å². The van der Waals surface area contributed by atoms with Crippen LogP contribution in [0.25, 0.3) is 0 Å². The fraction of sp³-hybridized carbons (Fsp3) is 0.194. The molecule has 0 spiro atoms. The summed E-state index contributed by atoms with van der Waals surface area (Å²) in [5.41, 5.74) is 2.61. The van der Waals surface area contributed by atoms with Gasteiger partial charge < -0.3 is 0 Å². The van der Waals surface area contributed by atoms with Gasteiger partial charge in [0.25, 0.3) is 0 Å². The van der Waals surface area contributed by atoms with E-state index in [1.54, 1.807) is 0 Å². The number of hydrogen-bond donors (Lipinski definition) is 1. The first-order chi connectivity index (χ1) is 17.0. The number of carbonyl (C=O) groups excluding carboxylic acids is 1. The van der Waals surface area contributed by atoms with Crippen molar-refractivity contribution in [2.45, 2.75) is 39.3 Å². The number of carbonyl (C=O) groups is 1. The first-order valence-corrected chi connectivity index (χ1v) is 14.7. The van der Waals surface area contributed by atoms with E-state index in [0.717, 1.165) is 29.7 Å². The van der Waals surface area contributed by atoms with E-state index in [4.69, 9.17) is 11.6 Å². The van der Waals surface area contributed by atoms with Gasteiger partial charge >= 0.3 is 215 Å². The molecule has 2 nitrogen and oxygen atoms in total. The van der Waals surface area contributed by atoms with Crippen LogP contribution in [0.1, 0.15) is 30.9 Å². The first-order valence-electron chi connectivity index (χ1n) is 12.2. The van der Waals surface area contributed by atoms with Crippen LogP contribution in [0, 0.1) is 13.8 Å². The standard InChI is InChI=1S/C31H33ClNOP/c1-4-14-29(31(34)33-30-23(2)21-25(32)22-24(30)3)35(26-15-8-5-9-16-26,27-17-10-6-11-18-27)28-19-12-7-13-20-28/h5-13,15-22,29,35H,4,14H2,1-3H3,(H,33,34). The van der Waals surface area contributed by atoms with Crippen LogP contribution in [0.5, 0.6) is 0 Å². The van der Waals surface area contributed by atoms with Crippen LogP contribution in [0.4, 0.5) is 5.69 Å². The number of halogens is 1. The van der Waals surface area contributed by atoms with Gasteiger partial charge in [0.15, 0.2) is 0 Å². The van der Waals surface area contributed by atoms with Crippen LogP contribution in [-0.4, -0.2) is 11.6 Å². The Kier molecular flexibility index (Phi) is 8.06. The van der Waals surface area contributed by atoms with Crippen molar-refractivity contribution in [2.24, 2.45) is 0 Å². The van der Waals surface area contributed by atoms with E-state index < -0.39 is 7.26 Å². The molecule has 4 aromatic carbocycles. The van der Waals surface area contributed by atoms with Crippen LogP contribution < -0.4 is 21.2 Å². The van der Waals surface area contributed by atoms with Crippen molar-refractivity contribution >= 4 is 46.4 Å². The van der Waals surface area contributed by atoms with Gasteiger partial charge in [-0.3, -0.25) is 0 Å². The van der Waals surface area contributed by atoms with Crippen LogP contribution in [0.2, 0.25) is 5.02 Å². The minimum atomic E-state index is -2.77. The quantitative estimate of drug-likeness (QED) is 0.264. The van der Waals surface area contributed by atoms with Crippen molar-refractivity contribution < 1.29 is 4.79 Å². The molecular formula is C31H33ClNOP. The van der Waals surface area contributed by atoms with E-state index >= 15 is 0 Å². The molecule has 4 heteroatoms. The van der Waals surface area contributed by atoms with E-state index in [-0.39, 0.29) is 11.6 Å². The zero-order valence-electron chi connectivity index (χ0n) is 20.6. The summed E-state index contributed by atoms with van der Waals surface area (Å²) >= 11 is 6.28. The fourth-order valence-corrected chi connectivity index (χ4v) is 11.2. The van der Waals surface area contributed by atoms with Gasteiger partial charge in [-0.2, -0.15) is 0 Å². The molecule has 0 radical (unpaired) electrons. The summed E-state index contributed by atoms with van der Waals surface area (Å²) in [6.07, 6.45) is 1.71. The third-order valence-corrected chi connectivity index (χ3v) is 12.4. The maximum absolute atomic E-state index is 14.3. The van der Waals surface area contributed by atoms with Gasteiger partial charge in [-0.1, -0.05) is 0 Å². The number of aryl methyl sites for hydroxylation is 2. The number of amides is 1. The number of benzene rings is 4. The SMILES string of the molecule is CCCC(C(=O)Nc1c(C)cc(Cl)cc1C)[PH](c1ccccc1)(c1ccccc1)c1ccccc1. The monoisotopic (exact) mass is 501 g/mol. The molecule has 0 heterocycles. The molecule has 0 saturated heterocycles. The Hall–Kier alpha value is -2.93. The molecule has 0 aliphatic carbocycles. The van der Waals surface area contributed by atoms with E-state index in [9.17, 15) is 4.79 Å². The zero-order valence-corrected chi connectivity index (χ0v) is 22.3. The van der Waals surface area contributed by atoms with Gasteiger partial charge in [0, 0.05) is 0 Å². The molecule has 4 rings (SSSR count). The molecular weight excluding hydrogens is 469 g/mol. The van der Waals surface area contributed by atoms with Gasteiger partial charge in [0.05, 0.1) is 0 Å². The second-order valence-corrected chi connectivity index (χ2v) is 13.6. The minimum absolute atomic E-state index is 0.0728. The molecule has 4 aromatic rings. The summed E-state index contributed by atoms with van der Waals surface area (Å²) in [6.45, 7) is 6.17. The van der Waals surface area contributed by atoms with Gasteiger partial charge in [-0.05, 0) is 0 Å².